The van der Waals surface area contributed by atoms with Gasteiger partial charge in [-0.15, -0.1) is 0 Å². The Morgan fingerprint density at radius 3 is 2.65 bits per heavy atom. The van der Waals surface area contributed by atoms with Crippen LogP contribution >= 0.6 is 7.75 Å². The molecule has 0 saturated heterocycles. The van der Waals surface area contributed by atoms with Crippen molar-refractivity contribution in [2.45, 2.75) is 18.9 Å². The van der Waals surface area contributed by atoms with Gasteiger partial charge < -0.3 is 25.1 Å². The number of hydrogen-bond acceptors (Lipinski definition) is 4. The molecule has 1 aliphatic rings. The number of nitrogens with zero attached hydrogens (tertiary/aromatic N) is 1. The summed E-state index contributed by atoms with van der Waals surface area (Å²) in [6.45, 7) is 0. The number of rotatable bonds is 5. The number of hydrogen-bond donors (Lipinski definition) is 5. The molecule has 0 spiro atoms. The zero-order valence-electron chi connectivity index (χ0n) is 12.1. The van der Waals surface area contributed by atoms with Gasteiger partial charge in [-0.1, -0.05) is 18.2 Å². The Kier molecular flexibility index (Phi) is 5.38. The van der Waals surface area contributed by atoms with Crippen LogP contribution in [0.15, 0.2) is 53.0 Å². The normalized spacial score (nSPS) is 21.3. The molecule has 0 heterocycles. The molecular formula is C15H18NO6P. The lowest BCUT2D eigenvalue weighted by atomic mass is 9.88. The van der Waals surface area contributed by atoms with Crippen molar-refractivity contribution >= 4 is 13.5 Å². The minimum Gasteiger partial charge on any atom is -0.512 e. The molecule has 1 aromatic rings. The standard InChI is InChI=1S/C15H18NO6P/c17-11-4-1-3-10(9-11)7-8-14(19)15-12(16-23(20,21)22)5-2-6-13(15)18/h1-6,9,14-15,17-19H,7-8H2,(H2,20,21,22). The van der Waals surface area contributed by atoms with E-state index in [1.807, 2.05) is 0 Å². The molecule has 1 aromatic carbocycles. The van der Waals surface area contributed by atoms with Crippen molar-refractivity contribution < 1.29 is 29.7 Å². The van der Waals surface area contributed by atoms with Gasteiger partial charge in [0.15, 0.2) is 0 Å². The second-order valence-electron chi connectivity index (χ2n) is 5.24. The van der Waals surface area contributed by atoms with Gasteiger partial charge in [-0.2, -0.15) is 4.76 Å². The van der Waals surface area contributed by atoms with Crippen LogP contribution in [-0.4, -0.2) is 36.9 Å². The lowest BCUT2D eigenvalue weighted by Gasteiger charge is -2.24. The molecule has 0 fully saturated rings. The lowest BCUT2D eigenvalue weighted by Crippen LogP contribution is -2.31. The van der Waals surface area contributed by atoms with Crippen molar-refractivity contribution in [3.8, 4) is 5.75 Å². The fourth-order valence-electron chi connectivity index (χ4n) is 2.44. The average Bonchev–Trinajstić information content (AvgIpc) is 2.43. The van der Waals surface area contributed by atoms with Gasteiger partial charge in [-0.3, -0.25) is 0 Å². The van der Waals surface area contributed by atoms with Gasteiger partial charge in [-0.25, -0.2) is 4.57 Å². The summed E-state index contributed by atoms with van der Waals surface area (Å²) >= 11 is 0. The van der Waals surface area contributed by atoms with Crippen molar-refractivity contribution in [2.75, 3.05) is 0 Å². The molecule has 5 N–H and O–H groups in total. The molecule has 2 atom stereocenters. The molecule has 0 saturated carbocycles. The van der Waals surface area contributed by atoms with E-state index in [1.165, 1.54) is 24.3 Å². The molecule has 124 valence electrons. The van der Waals surface area contributed by atoms with Gasteiger partial charge in [0.2, 0.25) is 0 Å². The van der Waals surface area contributed by atoms with Crippen molar-refractivity contribution in [3.05, 3.63) is 53.8 Å². The number of aryl methyl sites for hydroxylation is 1. The monoisotopic (exact) mass is 339 g/mol. The van der Waals surface area contributed by atoms with E-state index in [0.717, 1.165) is 5.56 Å². The molecule has 8 heteroatoms. The highest BCUT2D eigenvalue weighted by molar-refractivity contribution is 7.50. The number of phenolic OH excluding ortho intramolecular Hbond substituents is 1. The van der Waals surface area contributed by atoms with Crippen LogP contribution in [0.5, 0.6) is 5.75 Å². The lowest BCUT2D eigenvalue weighted by molar-refractivity contribution is 0.122. The average molecular weight is 339 g/mol. The third-order valence-electron chi connectivity index (χ3n) is 3.44. The molecule has 0 aromatic heterocycles. The Labute approximate surface area is 133 Å². The van der Waals surface area contributed by atoms with Gasteiger partial charge in [-0.05, 0) is 42.7 Å². The van der Waals surface area contributed by atoms with Crippen LogP contribution in [0.2, 0.25) is 0 Å². The third kappa shape index (κ3) is 5.04. The summed E-state index contributed by atoms with van der Waals surface area (Å²) in [6.07, 6.45) is 3.67. The minimum atomic E-state index is -4.67. The summed E-state index contributed by atoms with van der Waals surface area (Å²) in [6, 6.07) is 6.56. The van der Waals surface area contributed by atoms with Crippen molar-refractivity contribution in [1.29, 1.82) is 0 Å². The van der Waals surface area contributed by atoms with Crippen LogP contribution < -0.4 is 0 Å². The molecular weight excluding hydrogens is 321 g/mol. The molecule has 0 aliphatic heterocycles. The smallest absolute Gasteiger partial charge is 0.448 e. The Morgan fingerprint density at radius 2 is 2.00 bits per heavy atom. The number of aromatic hydroxyl groups is 1. The maximum atomic E-state index is 11.1. The van der Waals surface area contributed by atoms with E-state index in [-0.39, 0.29) is 23.6 Å². The first kappa shape index (κ1) is 17.4. The molecule has 23 heavy (non-hydrogen) atoms. The molecule has 0 amide bonds. The quantitative estimate of drug-likeness (QED) is 0.520. The molecule has 0 bridgehead atoms. The van der Waals surface area contributed by atoms with E-state index in [2.05, 4.69) is 4.76 Å². The largest absolute Gasteiger partial charge is 0.512 e. The fraction of sp³-hybridized carbons (Fsp3) is 0.267. The summed E-state index contributed by atoms with van der Waals surface area (Å²) in [4.78, 5) is 17.9. The summed E-state index contributed by atoms with van der Waals surface area (Å²) in [5.74, 6) is -1.09. The SMILES string of the molecule is O=P(O)(O)N=C1C=CC=C(O)C1C(O)CCc1cccc(O)c1. The maximum absolute atomic E-state index is 11.1. The number of aliphatic hydroxyl groups is 2. The Hall–Kier alpha value is -1.92. The van der Waals surface area contributed by atoms with Crippen LogP contribution in [0.25, 0.3) is 0 Å². The highest BCUT2D eigenvalue weighted by Gasteiger charge is 2.30. The predicted molar refractivity (Wildman–Crippen MR) is 85.3 cm³/mol. The van der Waals surface area contributed by atoms with Gasteiger partial charge in [0.25, 0.3) is 0 Å². The molecule has 2 rings (SSSR count). The molecule has 2 unspecified atom stereocenters. The van der Waals surface area contributed by atoms with Gasteiger partial charge in [0.05, 0.1) is 17.7 Å². The molecule has 7 nitrogen and oxygen atoms in total. The highest BCUT2D eigenvalue weighted by atomic mass is 31.2. The first-order valence-electron chi connectivity index (χ1n) is 6.95. The zero-order chi connectivity index (χ0) is 17.0. The fourth-order valence-corrected chi connectivity index (χ4v) is 2.93. The Bertz CT molecular complexity index is 706. The van der Waals surface area contributed by atoms with E-state index in [0.29, 0.717) is 6.42 Å². The van der Waals surface area contributed by atoms with E-state index in [9.17, 15) is 19.9 Å². The number of benzene rings is 1. The Balaban J connectivity index is 2.13. The second kappa shape index (κ2) is 7.10. The van der Waals surface area contributed by atoms with E-state index >= 15 is 0 Å². The Morgan fingerprint density at radius 1 is 1.26 bits per heavy atom. The zero-order valence-corrected chi connectivity index (χ0v) is 13.0. The summed E-state index contributed by atoms with van der Waals surface area (Å²) < 4.78 is 14.3. The number of phenols is 1. The van der Waals surface area contributed by atoms with E-state index < -0.39 is 19.8 Å². The second-order valence-corrected chi connectivity index (χ2v) is 6.47. The van der Waals surface area contributed by atoms with Crippen LogP contribution in [0.1, 0.15) is 12.0 Å². The first-order valence-corrected chi connectivity index (χ1v) is 8.51. The number of allylic oxidation sites excluding steroid dienone is 3. The van der Waals surface area contributed by atoms with Crippen molar-refractivity contribution in [1.82, 2.24) is 0 Å². The van der Waals surface area contributed by atoms with Gasteiger partial charge >= 0.3 is 7.75 Å². The van der Waals surface area contributed by atoms with Crippen LogP contribution in [0, 0.1) is 5.92 Å². The predicted octanol–water partition coefficient (Wildman–Crippen LogP) is 1.85. The summed E-state index contributed by atoms with van der Waals surface area (Å²) in [5.41, 5.74) is 0.731. The highest BCUT2D eigenvalue weighted by Crippen LogP contribution is 2.39. The van der Waals surface area contributed by atoms with Gasteiger partial charge in [0, 0.05) is 0 Å². The maximum Gasteiger partial charge on any atom is 0.448 e. The van der Waals surface area contributed by atoms with Crippen LogP contribution in [-0.2, 0) is 11.0 Å². The van der Waals surface area contributed by atoms with Crippen LogP contribution in [0.4, 0.5) is 0 Å². The van der Waals surface area contributed by atoms with Gasteiger partial charge in [0.1, 0.15) is 11.5 Å². The summed E-state index contributed by atoms with van der Waals surface area (Å²) in [7, 11) is -4.67. The minimum absolute atomic E-state index is 0.0678. The van der Waals surface area contributed by atoms with E-state index in [4.69, 9.17) is 9.79 Å². The molecule has 0 radical (unpaired) electrons. The van der Waals surface area contributed by atoms with E-state index in [1.54, 1.807) is 18.2 Å². The molecule has 1 aliphatic carbocycles. The summed E-state index contributed by atoms with van der Waals surface area (Å²) in [5, 5.41) is 29.6. The van der Waals surface area contributed by atoms with Crippen molar-refractivity contribution in [3.63, 3.8) is 0 Å². The number of aliphatic hydroxyl groups excluding tert-OH is 2. The van der Waals surface area contributed by atoms with Crippen LogP contribution in [0.3, 0.4) is 0 Å². The topological polar surface area (TPSA) is 131 Å². The third-order valence-corrected chi connectivity index (χ3v) is 3.93. The van der Waals surface area contributed by atoms with Crippen molar-refractivity contribution in [2.24, 2.45) is 10.7 Å². The first-order chi connectivity index (χ1) is 10.8.